The lowest BCUT2D eigenvalue weighted by atomic mass is 10.0. The Balaban J connectivity index is 1.75. The zero-order valence-electron chi connectivity index (χ0n) is 13.3. The molecule has 3 heterocycles. The molecule has 5 aromatic rings. The molecule has 3 nitrogen and oxygen atoms in total. The van der Waals surface area contributed by atoms with Gasteiger partial charge < -0.3 is 4.42 Å². The van der Waals surface area contributed by atoms with Gasteiger partial charge in [0, 0.05) is 16.3 Å². The summed E-state index contributed by atoms with van der Waals surface area (Å²) in [5.41, 5.74) is 7.14. The minimum absolute atomic E-state index is 0.902. The van der Waals surface area contributed by atoms with E-state index in [1.807, 2.05) is 12.1 Å². The standard InChI is InChI=1S/C21H15N2O/c1-22-17-7-3-4-8-18(17)23-12-13-10-20-16(11-15(13)21(22)23)14-6-2-5-9-19(14)24-20/h2-11H,12H2,1H3/q+1. The summed E-state index contributed by atoms with van der Waals surface area (Å²) in [4.78, 5) is 0. The summed E-state index contributed by atoms with van der Waals surface area (Å²) >= 11 is 0. The topological polar surface area (TPSA) is 21.9 Å². The fourth-order valence-corrected chi connectivity index (χ4v) is 4.19. The van der Waals surface area contributed by atoms with Crippen molar-refractivity contribution in [1.82, 2.24) is 4.57 Å². The molecule has 0 saturated heterocycles. The molecule has 24 heavy (non-hydrogen) atoms. The molecular formula is C21H15N2O+. The van der Waals surface area contributed by atoms with Crippen LogP contribution in [0.2, 0.25) is 0 Å². The van der Waals surface area contributed by atoms with Gasteiger partial charge in [-0.1, -0.05) is 30.3 Å². The summed E-state index contributed by atoms with van der Waals surface area (Å²) in [6, 6.07) is 21.4. The number of rotatable bonds is 0. The molecule has 1 aliphatic heterocycles. The van der Waals surface area contributed by atoms with Crippen LogP contribution < -0.4 is 4.57 Å². The number of furan rings is 1. The van der Waals surface area contributed by atoms with Crippen LogP contribution in [-0.4, -0.2) is 4.57 Å². The first-order valence-electron chi connectivity index (χ1n) is 8.23. The van der Waals surface area contributed by atoms with Gasteiger partial charge in [-0.3, -0.25) is 0 Å². The van der Waals surface area contributed by atoms with Crippen LogP contribution in [0.4, 0.5) is 0 Å². The molecule has 1 aliphatic rings. The van der Waals surface area contributed by atoms with Gasteiger partial charge in [-0.15, -0.1) is 0 Å². The third-order valence-corrected chi connectivity index (χ3v) is 5.28. The molecule has 0 spiro atoms. The van der Waals surface area contributed by atoms with E-state index in [1.165, 1.54) is 38.8 Å². The lowest BCUT2D eigenvalue weighted by Crippen LogP contribution is -2.29. The third kappa shape index (κ3) is 1.36. The Hall–Kier alpha value is -3.07. The van der Waals surface area contributed by atoms with E-state index >= 15 is 0 Å². The minimum Gasteiger partial charge on any atom is -0.456 e. The number of fused-ring (bicyclic) bond motifs is 8. The second-order valence-electron chi connectivity index (χ2n) is 6.56. The Morgan fingerprint density at radius 1 is 0.917 bits per heavy atom. The van der Waals surface area contributed by atoms with E-state index < -0.39 is 0 Å². The van der Waals surface area contributed by atoms with Crippen molar-refractivity contribution in [3.8, 4) is 11.4 Å². The van der Waals surface area contributed by atoms with E-state index in [-0.39, 0.29) is 0 Å². The molecule has 0 saturated carbocycles. The molecule has 2 aromatic heterocycles. The minimum atomic E-state index is 0.902. The Kier molecular flexibility index (Phi) is 2.09. The van der Waals surface area contributed by atoms with Gasteiger partial charge in [0.1, 0.15) is 17.7 Å². The number of nitrogens with zero attached hydrogens (tertiary/aromatic N) is 2. The van der Waals surface area contributed by atoms with Crippen molar-refractivity contribution in [2.24, 2.45) is 7.05 Å². The normalized spacial score (nSPS) is 13.0. The smallest absolute Gasteiger partial charge is 0.290 e. The Morgan fingerprint density at radius 2 is 1.75 bits per heavy atom. The quantitative estimate of drug-likeness (QED) is 0.381. The molecule has 0 bridgehead atoms. The number of benzene rings is 3. The molecule has 0 unspecified atom stereocenters. The van der Waals surface area contributed by atoms with E-state index in [9.17, 15) is 0 Å². The summed E-state index contributed by atoms with van der Waals surface area (Å²) in [7, 11) is 2.15. The van der Waals surface area contributed by atoms with Gasteiger partial charge in [-0.2, -0.15) is 0 Å². The first-order chi connectivity index (χ1) is 11.8. The zero-order chi connectivity index (χ0) is 15.8. The van der Waals surface area contributed by atoms with Gasteiger partial charge in [0.15, 0.2) is 11.0 Å². The van der Waals surface area contributed by atoms with E-state index in [0.717, 1.165) is 17.7 Å². The number of aryl methyl sites for hydroxylation is 1. The maximum absolute atomic E-state index is 6.05. The fraction of sp³-hybridized carbons (Fsp3) is 0.0952. The number of para-hydroxylation sites is 3. The molecular weight excluding hydrogens is 296 g/mol. The highest BCUT2D eigenvalue weighted by Crippen LogP contribution is 2.39. The summed E-state index contributed by atoms with van der Waals surface area (Å²) in [5.74, 6) is 1.28. The molecule has 0 atom stereocenters. The lowest BCUT2D eigenvalue weighted by Gasteiger charge is -1.98. The SMILES string of the molecule is C[n+]1c2n(c3ccccc31)Cc1cc3oc4ccccc4c3cc1-2. The summed E-state index contributed by atoms with van der Waals surface area (Å²) in [6.45, 7) is 0.902. The van der Waals surface area contributed by atoms with Crippen LogP contribution in [-0.2, 0) is 13.6 Å². The first-order valence-corrected chi connectivity index (χ1v) is 8.23. The van der Waals surface area contributed by atoms with Crippen LogP contribution in [0.5, 0.6) is 0 Å². The first kappa shape index (κ1) is 12.4. The van der Waals surface area contributed by atoms with Crippen LogP contribution in [0.15, 0.2) is 65.1 Å². The second kappa shape index (κ2) is 4.06. The van der Waals surface area contributed by atoms with E-state index in [4.69, 9.17) is 4.42 Å². The number of hydrogen-bond donors (Lipinski definition) is 0. The van der Waals surface area contributed by atoms with Crippen LogP contribution in [0.25, 0.3) is 44.4 Å². The molecule has 0 radical (unpaired) electrons. The predicted octanol–water partition coefficient (Wildman–Crippen LogP) is 4.39. The monoisotopic (exact) mass is 311 g/mol. The second-order valence-corrected chi connectivity index (χ2v) is 6.56. The van der Waals surface area contributed by atoms with E-state index in [2.05, 4.69) is 64.7 Å². The Morgan fingerprint density at radius 3 is 2.71 bits per heavy atom. The predicted molar refractivity (Wildman–Crippen MR) is 94.9 cm³/mol. The van der Waals surface area contributed by atoms with Crippen molar-refractivity contribution in [2.45, 2.75) is 6.54 Å². The van der Waals surface area contributed by atoms with Gasteiger partial charge in [0.2, 0.25) is 0 Å². The highest BCUT2D eigenvalue weighted by Gasteiger charge is 2.33. The largest absolute Gasteiger partial charge is 0.456 e. The Bertz CT molecular complexity index is 1290. The van der Waals surface area contributed by atoms with Gasteiger partial charge in [-0.05, 0) is 30.3 Å². The van der Waals surface area contributed by atoms with Crippen molar-refractivity contribution in [1.29, 1.82) is 0 Å². The average Bonchev–Trinajstić information content (AvgIpc) is 3.24. The molecule has 0 aliphatic carbocycles. The van der Waals surface area contributed by atoms with Gasteiger partial charge >= 0.3 is 0 Å². The van der Waals surface area contributed by atoms with Gasteiger partial charge in [0.25, 0.3) is 5.82 Å². The van der Waals surface area contributed by atoms with Gasteiger partial charge in [0.05, 0.1) is 12.6 Å². The van der Waals surface area contributed by atoms with Crippen molar-refractivity contribution >= 4 is 33.0 Å². The van der Waals surface area contributed by atoms with Gasteiger partial charge in [-0.25, -0.2) is 9.13 Å². The van der Waals surface area contributed by atoms with Crippen LogP contribution in [0.3, 0.4) is 0 Å². The number of imidazole rings is 1. The maximum atomic E-state index is 6.05. The highest BCUT2D eigenvalue weighted by molar-refractivity contribution is 6.06. The molecule has 3 aromatic carbocycles. The third-order valence-electron chi connectivity index (χ3n) is 5.28. The lowest BCUT2D eigenvalue weighted by molar-refractivity contribution is -0.633. The zero-order valence-corrected chi connectivity index (χ0v) is 13.3. The summed E-state index contributed by atoms with van der Waals surface area (Å²) in [6.07, 6.45) is 0. The molecule has 0 amide bonds. The van der Waals surface area contributed by atoms with E-state index in [1.54, 1.807) is 0 Å². The van der Waals surface area contributed by atoms with Crippen LogP contribution in [0, 0.1) is 0 Å². The Labute approximate surface area is 138 Å². The maximum Gasteiger partial charge on any atom is 0.290 e. The average molecular weight is 311 g/mol. The summed E-state index contributed by atoms with van der Waals surface area (Å²) < 4.78 is 10.8. The number of aromatic nitrogens is 2. The molecule has 6 rings (SSSR count). The number of hydrogen-bond acceptors (Lipinski definition) is 1. The fourth-order valence-electron chi connectivity index (χ4n) is 4.19. The van der Waals surface area contributed by atoms with E-state index in [0.29, 0.717) is 0 Å². The molecule has 0 N–H and O–H groups in total. The molecule has 3 heteroatoms. The van der Waals surface area contributed by atoms with Crippen LogP contribution >= 0.6 is 0 Å². The van der Waals surface area contributed by atoms with Crippen molar-refractivity contribution in [3.05, 3.63) is 66.2 Å². The highest BCUT2D eigenvalue weighted by atomic mass is 16.3. The summed E-state index contributed by atoms with van der Waals surface area (Å²) in [5, 5.41) is 2.38. The van der Waals surface area contributed by atoms with Crippen LogP contribution in [0.1, 0.15) is 5.56 Å². The molecule has 114 valence electrons. The van der Waals surface area contributed by atoms with Crippen molar-refractivity contribution in [2.75, 3.05) is 0 Å². The van der Waals surface area contributed by atoms with Crippen molar-refractivity contribution < 1.29 is 8.98 Å². The molecule has 0 fully saturated rings. The van der Waals surface area contributed by atoms with Crippen molar-refractivity contribution in [3.63, 3.8) is 0 Å².